The lowest BCUT2D eigenvalue weighted by Gasteiger charge is -2.04. The molecule has 1 aromatic carbocycles. The van der Waals surface area contributed by atoms with Crippen LogP contribution in [0.2, 0.25) is 0 Å². The summed E-state index contributed by atoms with van der Waals surface area (Å²) in [7, 11) is 0. The second-order valence-corrected chi connectivity index (χ2v) is 3.65. The SMILES string of the molecule is CC=CC(=O)Nc1ccc(C#N)cc1Br. The second-order valence-electron chi connectivity index (χ2n) is 2.80. The van der Waals surface area contributed by atoms with Gasteiger partial charge in [-0.25, -0.2) is 0 Å². The smallest absolute Gasteiger partial charge is 0.248 e. The number of anilines is 1. The Morgan fingerprint density at radius 3 is 2.87 bits per heavy atom. The molecule has 0 unspecified atom stereocenters. The topological polar surface area (TPSA) is 52.9 Å². The number of nitriles is 1. The Balaban J connectivity index is 2.88. The summed E-state index contributed by atoms with van der Waals surface area (Å²) in [6, 6.07) is 7.01. The zero-order valence-electron chi connectivity index (χ0n) is 8.12. The van der Waals surface area contributed by atoms with Gasteiger partial charge in [0.1, 0.15) is 0 Å². The minimum atomic E-state index is -0.192. The van der Waals surface area contributed by atoms with Crippen LogP contribution in [0, 0.1) is 11.3 Å². The minimum Gasteiger partial charge on any atom is -0.321 e. The van der Waals surface area contributed by atoms with Crippen molar-refractivity contribution in [2.75, 3.05) is 5.32 Å². The van der Waals surface area contributed by atoms with Gasteiger partial charge in [0.2, 0.25) is 5.91 Å². The fraction of sp³-hybridized carbons (Fsp3) is 0.0909. The average Bonchev–Trinajstić information content (AvgIpc) is 2.21. The molecule has 0 atom stereocenters. The molecule has 3 nitrogen and oxygen atoms in total. The fourth-order valence-corrected chi connectivity index (χ4v) is 1.49. The van der Waals surface area contributed by atoms with Crippen molar-refractivity contribution in [3.63, 3.8) is 0 Å². The Morgan fingerprint density at radius 1 is 1.60 bits per heavy atom. The van der Waals surface area contributed by atoms with E-state index in [0.717, 1.165) is 0 Å². The average molecular weight is 265 g/mol. The van der Waals surface area contributed by atoms with Crippen molar-refractivity contribution in [3.8, 4) is 6.07 Å². The maximum absolute atomic E-state index is 11.2. The zero-order chi connectivity index (χ0) is 11.3. The van der Waals surface area contributed by atoms with Gasteiger partial charge in [-0.15, -0.1) is 0 Å². The Hall–Kier alpha value is -1.60. The first kappa shape index (κ1) is 11.5. The van der Waals surface area contributed by atoms with Crippen molar-refractivity contribution in [2.45, 2.75) is 6.92 Å². The number of benzene rings is 1. The first-order chi connectivity index (χ1) is 7.17. The van der Waals surface area contributed by atoms with E-state index in [-0.39, 0.29) is 5.91 Å². The number of amides is 1. The van der Waals surface area contributed by atoms with E-state index in [0.29, 0.717) is 15.7 Å². The third-order valence-corrected chi connectivity index (χ3v) is 2.33. The first-order valence-electron chi connectivity index (χ1n) is 4.30. The molecule has 0 aliphatic rings. The molecule has 76 valence electrons. The van der Waals surface area contributed by atoms with Crippen LogP contribution in [0.25, 0.3) is 0 Å². The van der Waals surface area contributed by atoms with Gasteiger partial charge >= 0.3 is 0 Å². The van der Waals surface area contributed by atoms with Crippen molar-refractivity contribution in [2.24, 2.45) is 0 Å². The molecule has 0 saturated carbocycles. The summed E-state index contributed by atoms with van der Waals surface area (Å²) in [5.74, 6) is -0.192. The van der Waals surface area contributed by atoms with E-state index in [1.165, 1.54) is 6.08 Å². The zero-order valence-corrected chi connectivity index (χ0v) is 9.71. The minimum absolute atomic E-state index is 0.192. The highest BCUT2D eigenvalue weighted by Crippen LogP contribution is 2.23. The summed E-state index contributed by atoms with van der Waals surface area (Å²) in [4.78, 5) is 11.2. The number of nitrogens with one attached hydrogen (secondary N) is 1. The molecule has 15 heavy (non-hydrogen) atoms. The molecule has 0 heterocycles. The van der Waals surface area contributed by atoms with Gasteiger partial charge in [0.15, 0.2) is 0 Å². The molecule has 0 aromatic heterocycles. The van der Waals surface area contributed by atoms with Crippen LogP contribution < -0.4 is 5.32 Å². The van der Waals surface area contributed by atoms with Gasteiger partial charge in [0.05, 0.1) is 17.3 Å². The van der Waals surface area contributed by atoms with Gasteiger partial charge in [-0.2, -0.15) is 5.26 Å². The van der Waals surface area contributed by atoms with Gasteiger partial charge in [-0.1, -0.05) is 6.08 Å². The Bertz CT molecular complexity index is 446. The predicted octanol–water partition coefficient (Wildman–Crippen LogP) is 2.84. The van der Waals surface area contributed by atoms with Crippen LogP contribution in [0.5, 0.6) is 0 Å². The first-order valence-corrected chi connectivity index (χ1v) is 5.10. The highest BCUT2D eigenvalue weighted by atomic mass is 79.9. The van der Waals surface area contributed by atoms with Gasteiger partial charge < -0.3 is 5.32 Å². The molecular weight excluding hydrogens is 256 g/mol. The van der Waals surface area contributed by atoms with Crippen molar-refractivity contribution in [3.05, 3.63) is 40.4 Å². The second kappa shape index (κ2) is 5.32. The summed E-state index contributed by atoms with van der Waals surface area (Å²) in [6.07, 6.45) is 3.09. The fourth-order valence-electron chi connectivity index (χ4n) is 1.01. The number of rotatable bonds is 2. The number of nitrogens with zero attached hydrogens (tertiary/aromatic N) is 1. The van der Waals surface area contributed by atoms with E-state index in [9.17, 15) is 4.79 Å². The van der Waals surface area contributed by atoms with E-state index in [1.54, 1.807) is 31.2 Å². The lowest BCUT2D eigenvalue weighted by molar-refractivity contribution is -0.111. The van der Waals surface area contributed by atoms with Crippen molar-refractivity contribution < 1.29 is 4.79 Å². The van der Waals surface area contributed by atoms with Crippen LogP contribution in [0.1, 0.15) is 12.5 Å². The monoisotopic (exact) mass is 264 g/mol. The molecule has 1 aromatic rings. The number of halogens is 1. The van der Waals surface area contributed by atoms with Crippen LogP contribution in [-0.2, 0) is 4.79 Å². The third kappa shape index (κ3) is 3.22. The quantitative estimate of drug-likeness (QED) is 0.836. The Kier molecular flexibility index (Phi) is 4.07. The van der Waals surface area contributed by atoms with E-state index in [4.69, 9.17) is 5.26 Å². The third-order valence-electron chi connectivity index (χ3n) is 1.67. The van der Waals surface area contributed by atoms with E-state index in [1.807, 2.05) is 6.07 Å². The normalized spacial score (nSPS) is 9.93. The van der Waals surface area contributed by atoms with Crippen molar-refractivity contribution >= 4 is 27.5 Å². The van der Waals surface area contributed by atoms with Crippen LogP contribution in [0.3, 0.4) is 0 Å². The van der Waals surface area contributed by atoms with Crippen LogP contribution in [0.4, 0.5) is 5.69 Å². The van der Waals surface area contributed by atoms with Gasteiger partial charge in [0, 0.05) is 4.47 Å². The maximum atomic E-state index is 11.2. The predicted molar refractivity (Wildman–Crippen MR) is 62.3 cm³/mol. The van der Waals surface area contributed by atoms with Crippen LogP contribution >= 0.6 is 15.9 Å². The van der Waals surface area contributed by atoms with Crippen LogP contribution in [0.15, 0.2) is 34.8 Å². The van der Waals surface area contributed by atoms with Gasteiger partial charge in [-0.3, -0.25) is 4.79 Å². The van der Waals surface area contributed by atoms with Crippen molar-refractivity contribution in [1.29, 1.82) is 5.26 Å². The standard InChI is InChI=1S/C11H9BrN2O/c1-2-3-11(15)14-10-5-4-8(7-13)6-9(10)12/h2-6H,1H3,(H,14,15). The van der Waals surface area contributed by atoms with Crippen LogP contribution in [-0.4, -0.2) is 5.91 Å². The lowest BCUT2D eigenvalue weighted by atomic mass is 10.2. The highest BCUT2D eigenvalue weighted by molar-refractivity contribution is 9.10. The number of hydrogen-bond acceptors (Lipinski definition) is 2. The molecule has 0 radical (unpaired) electrons. The molecule has 0 aliphatic heterocycles. The van der Waals surface area contributed by atoms with E-state index in [2.05, 4.69) is 21.2 Å². The summed E-state index contributed by atoms with van der Waals surface area (Å²) in [5.41, 5.74) is 1.20. The molecule has 0 bridgehead atoms. The molecule has 1 N–H and O–H groups in total. The highest BCUT2D eigenvalue weighted by Gasteiger charge is 2.03. The summed E-state index contributed by atoms with van der Waals surface area (Å²) < 4.78 is 0.694. The number of carbonyl (C=O) groups is 1. The molecule has 0 fully saturated rings. The molecule has 4 heteroatoms. The molecular formula is C11H9BrN2O. The molecule has 1 amide bonds. The maximum Gasteiger partial charge on any atom is 0.248 e. The Morgan fingerprint density at radius 2 is 2.33 bits per heavy atom. The number of hydrogen-bond donors (Lipinski definition) is 1. The summed E-state index contributed by atoms with van der Waals surface area (Å²) in [5, 5.41) is 11.3. The lowest BCUT2D eigenvalue weighted by Crippen LogP contribution is -2.08. The molecule has 0 spiro atoms. The summed E-state index contributed by atoms with van der Waals surface area (Å²) >= 11 is 3.28. The van der Waals surface area contributed by atoms with E-state index >= 15 is 0 Å². The summed E-state index contributed by atoms with van der Waals surface area (Å²) in [6.45, 7) is 1.77. The van der Waals surface area contributed by atoms with Crippen molar-refractivity contribution in [1.82, 2.24) is 0 Å². The number of allylic oxidation sites excluding steroid dienone is 1. The molecule has 1 rings (SSSR count). The Labute approximate surface area is 96.5 Å². The largest absolute Gasteiger partial charge is 0.321 e. The number of carbonyl (C=O) groups excluding carboxylic acids is 1. The van der Waals surface area contributed by atoms with Gasteiger partial charge in [-0.05, 0) is 47.1 Å². The molecule has 0 saturated heterocycles. The van der Waals surface area contributed by atoms with Gasteiger partial charge in [0.25, 0.3) is 0 Å². The molecule has 0 aliphatic carbocycles. The van der Waals surface area contributed by atoms with E-state index < -0.39 is 0 Å².